The third kappa shape index (κ3) is 9.30. The van der Waals surface area contributed by atoms with Gasteiger partial charge in [-0.3, -0.25) is 0 Å². The fraction of sp³-hybridized carbons (Fsp3) is 0.889. The predicted molar refractivity (Wildman–Crippen MR) is 48.7 cm³/mol. The van der Waals surface area contributed by atoms with E-state index in [2.05, 4.69) is 13.8 Å². The van der Waals surface area contributed by atoms with Gasteiger partial charge >= 0.3 is 5.97 Å². The molecule has 1 N–H and O–H groups in total. The summed E-state index contributed by atoms with van der Waals surface area (Å²) in [6.07, 6.45) is -0.0400. The summed E-state index contributed by atoms with van der Waals surface area (Å²) >= 11 is 0. The Kier molecular flexibility index (Phi) is 6.54. The zero-order valence-electron chi connectivity index (χ0n) is 8.45. The van der Waals surface area contributed by atoms with Crippen LogP contribution in [0.1, 0.15) is 20.8 Å². The molecule has 1 atom stereocenters. The average Bonchev–Trinajstić information content (AvgIpc) is 2.00. The molecular formula is C9H18O4. The maximum atomic E-state index is 10.1. The van der Waals surface area contributed by atoms with E-state index in [9.17, 15) is 4.79 Å². The van der Waals surface area contributed by atoms with E-state index in [1.807, 2.05) is 6.92 Å². The van der Waals surface area contributed by atoms with Crippen molar-refractivity contribution in [2.24, 2.45) is 5.92 Å². The van der Waals surface area contributed by atoms with Gasteiger partial charge in [0, 0.05) is 6.61 Å². The van der Waals surface area contributed by atoms with E-state index in [0.717, 1.165) is 0 Å². The third-order valence-electron chi connectivity index (χ3n) is 1.29. The van der Waals surface area contributed by atoms with Crippen LogP contribution < -0.4 is 0 Å². The van der Waals surface area contributed by atoms with Gasteiger partial charge in [0.1, 0.15) is 6.61 Å². The normalized spacial score (nSPS) is 13.2. The van der Waals surface area contributed by atoms with E-state index >= 15 is 0 Å². The summed E-state index contributed by atoms with van der Waals surface area (Å²) in [4.78, 5) is 10.1. The molecule has 0 bridgehead atoms. The van der Waals surface area contributed by atoms with Gasteiger partial charge in [0.2, 0.25) is 0 Å². The Bertz CT molecular complexity index is 145. The number of rotatable bonds is 7. The predicted octanol–water partition coefficient (Wildman–Crippen LogP) is 1.15. The molecule has 0 fully saturated rings. The average molecular weight is 190 g/mol. The number of hydrogen-bond donors (Lipinski definition) is 1. The molecule has 4 heteroatoms. The summed E-state index contributed by atoms with van der Waals surface area (Å²) in [5.74, 6) is -0.460. The van der Waals surface area contributed by atoms with Gasteiger partial charge in [-0.2, -0.15) is 0 Å². The van der Waals surface area contributed by atoms with Crippen LogP contribution in [0.15, 0.2) is 0 Å². The topological polar surface area (TPSA) is 55.8 Å². The van der Waals surface area contributed by atoms with Crippen molar-refractivity contribution in [2.75, 3.05) is 19.8 Å². The summed E-state index contributed by atoms with van der Waals surface area (Å²) in [7, 11) is 0. The maximum Gasteiger partial charge on any atom is 0.329 e. The second-order valence-corrected chi connectivity index (χ2v) is 3.45. The number of ether oxygens (including phenoxy) is 2. The molecule has 0 aromatic rings. The lowest BCUT2D eigenvalue weighted by Gasteiger charge is -2.14. The molecule has 0 aliphatic carbocycles. The standard InChI is InChI=1S/C9H18O4/c1-7(2)4-13-8(3)5-12-6-9(10)11/h7-8H,4-6H2,1-3H3,(H,10,11). The van der Waals surface area contributed by atoms with Crippen LogP contribution in [0, 0.1) is 5.92 Å². The summed E-state index contributed by atoms with van der Waals surface area (Å²) in [6.45, 7) is 6.74. The number of carboxylic acids is 1. The van der Waals surface area contributed by atoms with Crippen molar-refractivity contribution >= 4 is 5.97 Å². The molecule has 1 unspecified atom stereocenters. The number of hydrogen-bond acceptors (Lipinski definition) is 3. The van der Waals surface area contributed by atoms with Crippen LogP contribution in [0.2, 0.25) is 0 Å². The van der Waals surface area contributed by atoms with Crippen LogP contribution in [0.25, 0.3) is 0 Å². The van der Waals surface area contributed by atoms with Crippen LogP contribution in [-0.4, -0.2) is 37.0 Å². The minimum absolute atomic E-state index is 0.0400. The third-order valence-corrected chi connectivity index (χ3v) is 1.29. The SMILES string of the molecule is CC(C)COC(C)COCC(=O)O. The van der Waals surface area contributed by atoms with Gasteiger partial charge in [0.05, 0.1) is 12.7 Å². The fourth-order valence-electron chi connectivity index (χ4n) is 0.717. The lowest BCUT2D eigenvalue weighted by atomic mass is 10.2. The Hall–Kier alpha value is -0.610. The smallest absolute Gasteiger partial charge is 0.329 e. The van der Waals surface area contributed by atoms with E-state index < -0.39 is 5.97 Å². The van der Waals surface area contributed by atoms with E-state index in [-0.39, 0.29) is 12.7 Å². The van der Waals surface area contributed by atoms with Crippen LogP contribution in [0.3, 0.4) is 0 Å². The van der Waals surface area contributed by atoms with Gasteiger partial charge in [-0.05, 0) is 12.8 Å². The molecule has 0 radical (unpaired) electrons. The molecule has 0 aliphatic heterocycles. The van der Waals surface area contributed by atoms with Crippen molar-refractivity contribution < 1.29 is 19.4 Å². The molecule has 4 nitrogen and oxygen atoms in total. The van der Waals surface area contributed by atoms with Gasteiger partial charge < -0.3 is 14.6 Å². The second-order valence-electron chi connectivity index (χ2n) is 3.45. The zero-order valence-corrected chi connectivity index (χ0v) is 8.45. The van der Waals surface area contributed by atoms with Crippen LogP contribution in [-0.2, 0) is 14.3 Å². The molecule has 78 valence electrons. The summed E-state index contributed by atoms with van der Waals surface area (Å²) in [6, 6.07) is 0. The van der Waals surface area contributed by atoms with Crippen molar-refractivity contribution in [1.82, 2.24) is 0 Å². The highest BCUT2D eigenvalue weighted by Gasteiger charge is 2.05. The Balaban J connectivity index is 3.29. The first-order chi connectivity index (χ1) is 6.02. The lowest BCUT2D eigenvalue weighted by Crippen LogP contribution is -2.20. The van der Waals surface area contributed by atoms with Crippen molar-refractivity contribution in [3.8, 4) is 0 Å². The molecule has 0 aromatic carbocycles. The first kappa shape index (κ1) is 12.4. The molecular weight excluding hydrogens is 172 g/mol. The quantitative estimate of drug-likeness (QED) is 0.654. The lowest BCUT2D eigenvalue weighted by molar-refractivity contribution is -0.143. The van der Waals surface area contributed by atoms with E-state index in [0.29, 0.717) is 19.1 Å². The minimum Gasteiger partial charge on any atom is -0.480 e. The van der Waals surface area contributed by atoms with Crippen LogP contribution in [0.4, 0.5) is 0 Å². The first-order valence-corrected chi connectivity index (χ1v) is 4.43. The van der Waals surface area contributed by atoms with Gasteiger partial charge in [0.25, 0.3) is 0 Å². The Morgan fingerprint density at radius 1 is 1.31 bits per heavy atom. The molecule has 0 heterocycles. The van der Waals surface area contributed by atoms with Crippen molar-refractivity contribution in [3.05, 3.63) is 0 Å². The van der Waals surface area contributed by atoms with Crippen molar-refractivity contribution in [1.29, 1.82) is 0 Å². The Labute approximate surface area is 78.8 Å². The molecule has 13 heavy (non-hydrogen) atoms. The highest BCUT2D eigenvalue weighted by molar-refractivity contribution is 5.67. The Morgan fingerprint density at radius 2 is 1.92 bits per heavy atom. The second kappa shape index (κ2) is 6.86. The highest BCUT2D eigenvalue weighted by Crippen LogP contribution is 1.98. The molecule has 0 aliphatic rings. The first-order valence-electron chi connectivity index (χ1n) is 4.43. The number of carboxylic acid groups (broad SMARTS) is 1. The van der Waals surface area contributed by atoms with Gasteiger partial charge in [-0.15, -0.1) is 0 Å². The highest BCUT2D eigenvalue weighted by atomic mass is 16.5. The zero-order chi connectivity index (χ0) is 10.3. The number of carbonyl (C=O) groups is 1. The molecule has 0 saturated heterocycles. The van der Waals surface area contributed by atoms with Gasteiger partial charge in [0.15, 0.2) is 0 Å². The van der Waals surface area contributed by atoms with Gasteiger partial charge in [-0.25, -0.2) is 4.79 Å². The summed E-state index contributed by atoms with van der Waals surface area (Å²) in [5.41, 5.74) is 0. The van der Waals surface area contributed by atoms with Gasteiger partial charge in [-0.1, -0.05) is 13.8 Å². The fourth-order valence-corrected chi connectivity index (χ4v) is 0.717. The van der Waals surface area contributed by atoms with E-state index in [4.69, 9.17) is 14.6 Å². The van der Waals surface area contributed by atoms with Crippen LogP contribution in [0.5, 0.6) is 0 Å². The van der Waals surface area contributed by atoms with Crippen molar-refractivity contribution in [3.63, 3.8) is 0 Å². The summed E-state index contributed by atoms with van der Waals surface area (Å²) in [5, 5.41) is 8.28. The summed E-state index contributed by atoms with van der Waals surface area (Å²) < 4.78 is 10.2. The number of aliphatic carboxylic acids is 1. The Morgan fingerprint density at radius 3 is 2.38 bits per heavy atom. The molecule has 0 rings (SSSR count). The molecule has 0 aromatic heterocycles. The van der Waals surface area contributed by atoms with Crippen LogP contribution >= 0.6 is 0 Å². The largest absolute Gasteiger partial charge is 0.480 e. The van der Waals surface area contributed by atoms with Crippen molar-refractivity contribution in [2.45, 2.75) is 26.9 Å². The monoisotopic (exact) mass is 190 g/mol. The molecule has 0 saturated carbocycles. The van der Waals surface area contributed by atoms with E-state index in [1.54, 1.807) is 0 Å². The molecule has 0 amide bonds. The minimum atomic E-state index is -0.948. The molecule has 0 spiro atoms. The maximum absolute atomic E-state index is 10.1. The van der Waals surface area contributed by atoms with E-state index in [1.165, 1.54) is 0 Å².